The number of nitrogens with one attached hydrogen (secondary N) is 2. The lowest BCUT2D eigenvalue weighted by Gasteiger charge is -2.19. The number of benzene rings is 1. The molecule has 0 aliphatic carbocycles. The van der Waals surface area contributed by atoms with Gasteiger partial charge >= 0.3 is 6.18 Å². The standard InChI is InChI=1S/C15H23F3N4O/c1-19-14(20-8-10-22(2)12-15(16,17)18)21-9-11-23-13-6-4-3-5-7-13/h3-7H,8-12H2,1-2H3,(H2,19,20,21). The van der Waals surface area contributed by atoms with Gasteiger partial charge in [0.25, 0.3) is 0 Å². The molecule has 0 atom stereocenters. The minimum absolute atomic E-state index is 0.265. The fourth-order valence-corrected chi connectivity index (χ4v) is 1.83. The van der Waals surface area contributed by atoms with Crippen molar-refractivity contribution >= 4 is 5.96 Å². The molecule has 1 aromatic carbocycles. The zero-order chi connectivity index (χ0) is 17.1. The van der Waals surface area contributed by atoms with Crippen LogP contribution in [-0.2, 0) is 0 Å². The van der Waals surface area contributed by atoms with Crippen LogP contribution in [0, 0.1) is 0 Å². The van der Waals surface area contributed by atoms with Gasteiger partial charge in [-0.05, 0) is 19.2 Å². The van der Waals surface area contributed by atoms with Gasteiger partial charge < -0.3 is 15.4 Å². The Bertz CT molecular complexity index is 466. The highest BCUT2D eigenvalue weighted by molar-refractivity contribution is 5.79. The summed E-state index contributed by atoms with van der Waals surface area (Å²) in [7, 11) is 3.03. The van der Waals surface area contributed by atoms with Crippen LogP contribution < -0.4 is 15.4 Å². The Hall–Kier alpha value is -1.96. The Morgan fingerprint density at radius 2 is 1.83 bits per heavy atom. The number of aliphatic imine (C=N–C) groups is 1. The summed E-state index contributed by atoms with van der Waals surface area (Å²) in [5, 5.41) is 5.99. The van der Waals surface area contributed by atoms with Gasteiger partial charge in [-0.3, -0.25) is 9.89 Å². The first-order valence-electron chi connectivity index (χ1n) is 7.28. The molecular formula is C15H23F3N4O. The Morgan fingerprint density at radius 1 is 1.17 bits per heavy atom. The predicted octanol–water partition coefficient (Wildman–Crippen LogP) is 1.72. The van der Waals surface area contributed by atoms with Crippen LogP contribution in [-0.4, -0.2) is 63.9 Å². The number of guanidine groups is 1. The molecule has 0 saturated carbocycles. The summed E-state index contributed by atoms with van der Waals surface area (Å²) in [5.74, 6) is 1.31. The Balaban J connectivity index is 2.15. The maximum absolute atomic E-state index is 12.2. The average molecular weight is 332 g/mol. The number of rotatable bonds is 8. The van der Waals surface area contributed by atoms with Crippen LogP contribution in [0.15, 0.2) is 35.3 Å². The number of alkyl halides is 3. The zero-order valence-electron chi connectivity index (χ0n) is 13.4. The van der Waals surface area contributed by atoms with Gasteiger partial charge in [0, 0.05) is 20.1 Å². The minimum Gasteiger partial charge on any atom is -0.492 e. The molecule has 0 saturated heterocycles. The quantitative estimate of drug-likeness (QED) is 0.432. The summed E-state index contributed by atoms with van der Waals surface area (Å²) in [6.07, 6.45) is -4.18. The van der Waals surface area contributed by atoms with Crippen molar-refractivity contribution in [3.05, 3.63) is 30.3 Å². The highest BCUT2D eigenvalue weighted by atomic mass is 19.4. The third-order valence-electron chi connectivity index (χ3n) is 2.87. The van der Waals surface area contributed by atoms with E-state index >= 15 is 0 Å². The molecular weight excluding hydrogens is 309 g/mol. The van der Waals surface area contributed by atoms with E-state index in [1.807, 2.05) is 30.3 Å². The molecule has 0 aliphatic heterocycles. The molecule has 5 nitrogen and oxygen atoms in total. The van der Waals surface area contributed by atoms with Gasteiger partial charge in [0.05, 0.1) is 13.1 Å². The highest BCUT2D eigenvalue weighted by Gasteiger charge is 2.28. The maximum Gasteiger partial charge on any atom is 0.401 e. The van der Waals surface area contributed by atoms with Gasteiger partial charge in [0.2, 0.25) is 0 Å². The van der Waals surface area contributed by atoms with Gasteiger partial charge in [0.15, 0.2) is 5.96 Å². The summed E-state index contributed by atoms with van der Waals surface area (Å²) >= 11 is 0. The largest absolute Gasteiger partial charge is 0.492 e. The van der Waals surface area contributed by atoms with Gasteiger partial charge in [-0.25, -0.2) is 0 Å². The van der Waals surface area contributed by atoms with Crippen LogP contribution in [0.4, 0.5) is 13.2 Å². The normalized spacial score (nSPS) is 12.3. The number of nitrogens with zero attached hydrogens (tertiary/aromatic N) is 2. The first kappa shape index (κ1) is 19.1. The molecule has 0 spiro atoms. The molecule has 0 amide bonds. The lowest BCUT2D eigenvalue weighted by molar-refractivity contribution is -0.142. The lowest BCUT2D eigenvalue weighted by Crippen LogP contribution is -2.43. The van der Waals surface area contributed by atoms with E-state index in [-0.39, 0.29) is 6.54 Å². The van der Waals surface area contributed by atoms with E-state index in [2.05, 4.69) is 15.6 Å². The second-order valence-corrected chi connectivity index (χ2v) is 4.94. The molecule has 1 aromatic rings. The second-order valence-electron chi connectivity index (χ2n) is 4.94. The van der Waals surface area contributed by atoms with Crippen LogP contribution >= 0.6 is 0 Å². The topological polar surface area (TPSA) is 48.9 Å². The summed E-state index contributed by atoms with van der Waals surface area (Å²) < 4.78 is 42.1. The van der Waals surface area contributed by atoms with Crippen molar-refractivity contribution in [2.24, 2.45) is 4.99 Å². The van der Waals surface area contributed by atoms with Crippen molar-refractivity contribution in [2.75, 3.05) is 46.9 Å². The zero-order valence-corrected chi connectivity index (χ0v) is 13.4. The smallest absolute Gasteiger partial charge is 0.401 e. The van der Waals surface area contributed by atoms with Crippen molar-refractivity contribution < 1.29 is 17.9 Å². The second kappa shape index (κ2) is 9.94. The molecule has 0 fully saturated rings. The molecule has 0 unspecified atom stereocenters. The first-order chi connectivity index (χ1) is 10.9. The molecule has 23 heavy (non-hydrogen) atoms. The van der Waals surface area contributed by atoms with Crippen molar-refractivity contribution in [3.63, 3.8) is 0 Å². The average Bonchev–Trinajstić information content (AvgIpc) is 2.49. The summed E-state index contributed by atoms with van der Waals surface area (Å²) in [4.78, 5) is 5.21. The third kappa shape index (κ3) is 9.62. The van der Waals surface area contributed by atoms with E-state index in [1.54, 1.807) is 7.05 Å². The summed E-state index contributed by atoms with van der Waals surface area (Å²) in [5.41, 5.74) is 0. The summed E-state index contributed by atoms with van der Waals surface area (Å²) in [6.45, 7) is 0.698. The Kier molecular flexibility index (Phi) is 8.25. The molecule has 0 heterocycles. The maximum atomic E-state index is 12.2. The summed E-state index contributed by atoms with van der Waals surface area (Å²) in [6, 6.07) is 9.42. The molecule has 1 rings (SSSR count). The SMILES string of the molecule is CN=C(NCCOc1ccccc1)NCCN(C)CC(F)(F)F. The van der Waals surface area contributed by atoms with Gasteiger partial charge in [-0.1, -0.05) is 18.2 Å². The van der Waals surface area contributed by atoms with Crippen molar-refractivity contribution in [2.45, 2.75) is 6.18 Å². The molecule has 2 N–H and O–H groups in total. The number of likely N-dealkylation sites (N-methyl/N-ethyl adjacent to an activating group) is 1. The number of hydrogen-bond donors (Lipinski definition) is 2. The van der Waals surface area contributed by atoms with Crippen molar-refractivity contribution in [3.8, 4) is 5.75 Å². The molecule has 0 radical (unpaired) electrons. The van der Waals surface area contributed by atoms with Crippen LogP contribution in [0.5, 0.6) is 5.75 Å². The molecule has 130 valence electrons. The van der Waals surface area contributed by atoms with E-state index in [4.69, 9.17) is 4.74 Å². The number of para-hydroxylation sites is 1. The van der Waals surface area contributed by atoms with E-state index in [0.717, 1.165) is 5.75 Å². The monoisotopic (exact) mass is 332 g/mol. The number of halogens is 3. The van der Waals surface area contributed by atoms with Crippen molar-refractivity contribution in [1.29, 1.82) is 0 Å². The van der Waals surface area contributed by atoms with E-state index in [0.29, 0.717) is 25.7 Å². The van der Waals surface area contributed by atoms with Crippen LogP contribution in [0.1, 0.15) is 0 Å². The van der Waals surface area contributed by atoms with E-state index in [9.17, 15) is 13.2 Å². The van der Waals surface area contributed by atoms with E-state index < -0.39 is 12.7 Å². The van der Waals surface area contributed by atoms with E-state index in [1.165, 1.54) is 11.9 Å². The number of ether oxygens (including phenoxy) is 1. The van der Waals surface area contributed by atoms with Crippen LogP contribution in [0.3, 0.4) is 0 Å². The Morgan fingerprint density at radius 3 is 2.43 bits per heavy atom. The van der Waals surface area contributed by atoms with Gasteiger partial charge in [-0.15, -0.1) is 0 Å². The van der Waals surface area contributed by atoms with Crippen LogP contribution in [0.25, 0.3) is 0 Å². The van der Waals surface area contributed by atoms with Crippen LogP contribution in [0.2, 0.25) is 0 Å². The molecule has 0 aliphatic rings. The van der Waals surface area contributed by atoms with Crippen molar-refractivity contribution in [1.82, 2.24) is 15.5 Å². The Labute approximate surface area is 134 Å². The minimum atomic E-state index is -4.18. The molecule has 0 bridgehead atoms. The number of hydrogen-bond acceptors (Lipinski definition) is 3. The van der Waals surface area contributed by atoms with Gasteiger partial charge in [-0.2, -0.15) is 13.2 Å². The lowest BCUT2D eigenvalue weighted by atomic mass is 10.3. The predicted molar refractivity (Wildman–Crippen MR) is 84.9 cm³/mol. The highest BCUT2D eigenvalue weighted by Crippen LogP contribution is 2.14. The fourth-order valence-electron chi connectivity index (χ4n) is 1.83. The first-order valence-corrected chi connectivity index (χ1v) is 7.28. The fraction of sp³-hybridized carbons (Fsp3) is 0.533. The molecule has 0 aromatic heterocycles. The third-order valence-corrected chi connectivity index (χ3v) is 2.87. The molecule has 8 heteroatoms. The van der Waals surface area contributed by atoms with Gasteiger partial charge in [0.1, 0.15) is 12.4 Å².